The molecule has 0 aliphatic heterocycles. The molecule has 2 N–H and O–H groups in total. The lowest BCUT2D eigenvalue weighted by molar-refractivity contribution is -0.116. The second-order valence-electron chi connectivity index (χ2n) is 5.59. The highest BCUT2D eigenvalue weighted by Gasteiger charge is 2.06. The molecule has 138 valence electrons. The predicted octanol–water partition coefficient (Wildman–Crippen LogP) is 3.64. The van der Waals surface area contributed by atoms with Crippen LogP contribution in [-0.4, -0.2) is 29.8 Å². The van der Waals surface area contributed by atoms with Gasteiger partial charge in [0.05, 0.1) is 25.8 Å². The highest BCUT2D eigenvalue weighted by molar-refractivity contribution is 5.89. The first-order chi connectivity index (χ1) is 13.2. The van der Waals surface area contributed by atoms with Gasteiger partial charge in [0, 0.05) is 0 Å². The van der Waals surface area contributed by atoms with Crippen molar-refractivity contribution in [2.24, 2.45) is 0 Å². The van der Waals surface area contributed by atoms with Crippen LogP contribution in [0.2, 0.25) is 0 Å². The highest BCUT2D eigenvalue weighted by atomic mass is 16.5. The van der Waals surface area contributed by atoms with Gasteiger partial charge in [-0.15, -0.1) is 10.2 Å². The quantitative estimate of drug-likeness (QED) is 0.635. The number of nitrogens with zero attached hydrogens (tertiary/aromatic N) is 2. The lowest BCUT2D eigenvalue weighted by atomic mass is 10.3. The fraction of sp³-hybridized carbons (Fsp3) is 0.150. The van der Waals surface area contributed by atoms with Crippen LogP contribution < -0.4 is 20.1 Å². The second-order valence-corrected chi connectivity index (χ2v) is 5.59. The third kappa shape index (κ3) is 5.43. The lowest BCUT2D eigenvalue weighted by Crippen LogP contribution is -2.16. The molecule has 0 radical (unpaired) electrons. The van der Waals surface area contributed by atoms with E-state index in [2.05, 4.69) is 20.8 Å². The Balaban J connectivity index is 1.49. The monoisotopic (exact) mass is 364 g/mol. The molecule has 0 spiro atoms. The summed E-state index contributed by atoms with van der Waals surface area (Å²) in [4.78, 5) is 12.0. The van der Waals surface area contributed by atoms with Gasteiger partial charge in [0.2, 0.25) is 5.91 Å². The molecule has 1 amide bonds. The Kier molecular flexibility index (Phi) is 6.19. The maximum absolute atomic E-state index is 12.0. The molecule has 2 aromatic carbocycles. The molecule has 0 saturated heterocycles. The van der Waals surface area contributed by atoms with E-state index in [9.17, 15) is 4.79 Å². The van der Waals surface area contributed by atoms with Crippen molar-refractivity contribution in [3.63, 3.8) is 0 Å². The van der Waals surface area contributed by atoms with Gasteiger partial charge < -0.3 is 20.1 Å². The van der Waals surface area contributed by atoms with E-state index < -0.39 is 0 Å². The topological polar surface area (TPSA) is 85.4 Å². The largest absolute Gasteiger partial charge is 0.495 e. The highest BCUT2D eigenvalue weighted by Crippen LogP contribution is 2.26. The predicted molar refractivity (Wildman–Crippen MR) is 103 cm³/mol. The summed E-state index contributed by atoms with van der Waals surface area (Å²) in [6, 6.07) is 20.3. The minimum absolute atomic E-state index is 0.189. The van der Waals surface area contributed by atoms with Crippen LogP contribution in [0.5, 0.6) is 11.5 Å². The average Bonchev–Trinajstić information content (AvgIpc) is 2.71. The Morgan fingerprint density at radius 1 is 0.926 bits per heavy atom. The maximum atomic E-state index is 12.0. The van der Waals surface area contributed by atoms with Crippen molar-refractivity contribution in [3.05, 3.63) is 66.7 Å². The van der Waals surface area contributed by atoms with Crippen molar-refractivity contribution < 1.29 is 14.3 Å². The van der Waals surface area contributed by atoms with Crippen LogP contribution in [-0.2, 0) is 4.79 Å². The van der Waals surface area contributed by atoms with Crippen LogP contribution in [0, 0.1) is 0 Å². The molecule has 27 heavy (non-hydrogen) atoms. The summed E-state index contributed by atoms with van der Waals surface area (Å²) in [5.41, 5.74) is 0.782. The zero-order valence-electron chi connectivity index (χ0n) is 14.9. The summed E-state index contributed by atoms with van der Waals surface area (Å²) in [6.07, 6.45) is 0.220. The van der Waals surface area contributed by atoms with E-state index in [0.29, 0.717) is 17.4 Å². The van der Waals surface area contributed by atoms with Gasteiger partial charge >= 0.3 is 0 Å². The summed E-state index contributed by atoms with van der Waals surface area (Å²) in [6.45, 7) is 0.288. The van der Waals surface area contributed by atoms with Crippen molar-refractivity contribution in [1.29, 1.82) is 0 Å². The number of benzene rings is 2. The lowest BCUT2D eigenvalue weighted by Gasteiger charge is -2.10. The number of amides is 1. The van der Waals surface area contributed by atoms with E-state index in [-0.39, 0.29) is 18.9 Å². The molecule has 0 aliphatic carbocycles. The zero-order valence-corrected chi connectivity index (χ0v) is 14.9. The summed E-state index contributed by atoms with van der Waals surface area (Å²) in [5.74, 6) is 2.17. The van der Waals surface area contributed by atoms with E-state index >= 15 is 0 Å². The van der Waals surface area contributed by atoms with Gasteiger partial charge in [0.25, 0.3) is 0 Å². The Morgan fingerprint density at radius 2 is 1.63 bits per heavy atom. The third-order valence-corrected chi connectivity index (χ3v) is 3.64. The van der Waals surface area contributed by atoms with Crippen molar-refractivity contribution >= 4 is 23.2 Å². The Bertz CT molecular complexity index is 870. The van der Waals surface area contributed by atoms with E-state index in [0.717, 1.165) is 11.4 Å². The summed E-state index contributed by atoms with van der Waals surface area (Å²) >= 11 is 0. The minimum atomic E-state index is -0.189. The molecular weight excluding hydrogens is 344 g/mol. The molecule has 0 aliphatic rings. The zero-order chi connectivity index (χ0) is 18.9. The number of methoxy groups -OCH3 is 1. The number of carbonyl (C=O) groups is 1. The SMILES string of the molecule is COc1ccccc1Nc1ccc(NC(=O)CCOc2ccccc2)nn1. The first-order valence-electron chi connectivity index (χ1n) is 8.46. The molecule has 0 unspecified atom stereocenters. The Labute approximate surface area is 157 Å². The number of nitrogens with one attached hydrogen (secondary N) is 2. The molecule has 3 rings (SSSR count). The number of rotatable bonds is 8. The number of anilines is 3. The number of hydrogen-bond donors (Lipinski definition) is 2. The number of ether oxygens (including phenoxy) is 2. The maximum Gasteiger partial charge on any atom is 0.229 e. The fourth-order valence-electron chi connectivity index (χ4n) is 2.34. The normalized spacial score (nSPS) is 10.1. The van der Waals surface area contributed by atoms with Gasteiger partial charge in [0.1, 0.15) is 11.5 Å². The molecule has 0 saturated carbocycles. The second kappa shape index (κ2) is 9.19. The number of hydrogen-bond acceptors (Lipinski definition) is 6. The summed E-state index contributed by atoms with van der Waals surface area (Å²) in [5, 5.41) is 13.9. The minimum Gasteiger partial charge on any atom is -0.495 e. The fourth-order valence-corrected chi connectivity index (χ4v) is 2.34. The van der Waals surface area contributed by atoms with Crippen molar-refractivity contribution in [2.75, 3.05) is 24.4 Å². The van der Waals surface area contributed by atoms with Crippen LogP contribution in [0.3, 0.4) is 0 Å². The van der Waals surface area contributed by atoms with Crippen LogP contribution in [0.15, 0.2) is 66.7 Å². The standard InChI is InChI=1S/C20H20N4O3/c1-26-17-10-6-5-9-16(17)21-18-11-12-19(24-23-18)22-20(25)13-14-27-15-7-3-2-4-8-15/h2-12H,13-14H2,1H3,(H,21,23)(H,22,24,25). The third-order valence-electron chi connectivity index (χ3n) is 3.64. The first kappa shape index (κ1) is 18.2. The van der Waals surface area contributed by atoms with E-state index in [1.165, 1.54) is 0 Å². The number of carbonyl (C=O) groups excluding carboxylic acids is 1. The molecule has 1 heterocycles. The molecule has 0 fully saturated rings. The Morgan fingerprint density at radius 3 is 2.37 bits per heavy atom. The average molecular weight is 364 g/mol. The molecule has 7 nitrogen and oxygen atoms in total. The molecule has 0 bridgehead atoms. The smallest absolute Gasteiger partial charge is 0.229 e. The van der Waals surface area contributed by atoms with Gasteiger partial charge in [-0.25, -0.2) is 0 Å². The van der Waals surface area contributed by atoms with Crippen LogP contribution >= 0.6 is 0 Å². The summed E-state index contributed by atoms with van der Waals surface area (Å²) < 4.78 is 10.8. The van der Waals surface area contributed by atoms with Gasteiger partial charge in [-0.2, -0.15) is 0 Å². The van der Waals surface area contributed by atoms with E-state index in [1.54, 1.807) is 19.2 Å². The molecule has 1 aromatic heterocycles. The molecule has 3 aromatic rings. The molecule has 7 heteroatoms. The van der Waals surface area contributed by atoms with Gasteiger partial charge in [-0.3, -0.25) is 4.79 Å². The van der Waals surface area contributed by atoms with Gasteiger partial charge in [-0.1, -0.05) is 30.3 Å². The molecule has 0 atom stereocenters. The van der Waals surface area contributed by atoms with Crippen LogP contribution in [0.4, 0.5) is 17.3 Å². The number of aromatic nitrogens is 2. The van der Waals surface area contributed by atoms with Crippen molar-refractivity contribution in [2.45, 2.75) is 6.42 Å². The summed E-state index contributed by atoms with van der Waals surface area (Å²) in [7, 11) is 1.60. The molecular formula is C20H20N4O3. The van der Waals surface area contributed by atoms with Crippen molar-refractivity contribution in [3.8, 4) is 11.5 Å². The Hall–Kier alpha value is -3.61. The van der Waals surface area contributed by atoms with Gasteiger partial charge in [-0.05, 0) is 36.4 Å². The van der Waals surface area contributed by atoms with Crippen LogP contribution in [0.25, 0.3) is 0 Å². The van der Waals surface area contributed by atoms with Crippen LogP contribution in [0.1, 0.15) is 6.42 Å². The van der Waals surface area contributed by atoms with E-state index in [4.69, 9.17) is 9.47 Å². The first-order valence-corrected chi connectivity index (χ1v) is 8.46. The number of para-hydroxylation sites is 3. The van der Waals surface area contributed by atoms with E-state index in [1.807, 2.05) is 54.6 Å². The van der Waals surface area contributed by atoms with Gasteiger partial charge in [0.15, 0.2) is 11.6 Å². The van der Waals surface area contributed by atoms with Crippen molar-refractivity contribution in [1.82, 2.24) is 10.2 Å².